The van der Waals surface area contributed by atoms with Crippen LogP contribution in [0.3, 0.4) is 0 Å². The molecule has 2 aliphatic rings. The monoisotopic (exact) mass is 540 g/mol. The van der Waals surface area contributed by atoms with Crippen molar-refractivity contribution in [3.8, 4) is 5.75 Å². The molecule has 3 unspecified atom stereocenters. The smallest absolute Gasteiger partial charge is 0.339 e. The number of anilines is 2. The van der Waals surface area contributed by atoms with E-state index in [1.165, 1.54) is 23.3 Å². The van der Waals surface area contributed by atoms with Crippen LogP contribution in [0.1, 0.15) is 17.2 Å². The minimum Gasteiger partial charge on any atom is -0.379 e. The summed E-state index contributed by atoms with van der Waals surface area (Å²) in [4.78, 5) is 34.8. The molecule has 39 heavy (non-hydrogen) atoms. The maximum absolute atomic E-state index is 13.9. The number of hydroxylamine groups is 1. The zero-order valence-electron chi connectivity index (χ0n) is 20.9. The number of carbonyl (C=O) groups excluding carboxylic acids is 2. The molecule has 196 valence electrons. The topological polar surface area (TPSA) is 93.2 Å². The fraction of sp³-hybridized carbons (Fsp3) is 0.133. The van der Waals surface area contributed by atoms with Crippen LogP contribution in [0.25, 0.3) is 0 Å². The van der Waals surface area contributed by atoms with Crippen molar-refractivity contribution in [2.45, 2.75) is 24.0 Å². The fourth-order valence-electron chi connectivity index (χ4n) is 5.03. The van der Waals surface area contributed by atoms with Crippen LogP contribution in [0.2, 0.25) is 0 Å². The van der Waals surface area contributed by atoms with Crippen molar-refractivity contribution in [2.75, 3.05) is 9.96 Å². The molecule has 9 heteroatoms. The minimum atomic E-state index is -4.17. The highest BCUT2D eigenvalue weighted by Gasteiger charge is 2.60. The van der Waals surface area contributed by atoms with Crippen LogP contribution >= 0.6 is 0 Å². The second kappa shape index (κ2) is 9.68. The molecular formula is C30H24N2O6S. The molecule has 0 spiro atoms. The molecule has 2 saturated heterocycles. The summed E-state index contributed by atoms with van der Waals surface area (Å²) >= 11 is 0. The first-order valence-electron chi connectivity index (χ1n) is 12.4. The van der Waals surface area contributed by atoms with Gasteiger partial charge in [-0.25, -0.2) is 9.96 Å². The van der Waals surface area contributed by atoms with E-state index < -0.39 is 40.0 Å². The summed E-state index contributed by atoms with van der Waals surface area (Å²) in [5.74, 6) is -1.81. The van der Waals surface area contributed by atoms with Crippen LogP contribution in [0, 0.1) is 12.8 Å². The van der Waals surface area contributed by atoms with E-state index in [9.17, 15) is 18.0 Å². The zero-order chi connectivity index (χ0) is 27.1. The molecule has 0 N–H and O–H groups in total. The second-order valence-electron chi connectivity index (χ2n) is 9.39. The Kier molecular flexibility index (Phi) is 6.17. The van der Waals surface area contributed by atoms with E-state index in [-0.39, 0.29) is 10.6 Å². The van der Waals surface area contributed by atoms with Crippen molar-refractivity contribution in [3.63, 3.8) is 0 Å². The molecule has 0 bridgehead atoms. The maximum Gasteiger partial charge on any atom is 0.339 e. The van der Waals surface area contributed by atoms with Crippen LogP contribution in [0.15, 0.2) is 114 Å². The van der Waals surface area contributed by atoms with E-state index in [0.717, 1.165) is 10.5 Å². The van der Waals surface area contributed by atoms with Gasteiger partial charge in [-0.1, -0.05) is 72.3 Å². The number of hydrogen-bond acceptors (Lipinski definition) is 7. The Morgan fingerprint density at radius 3 is 2.03 bits per heavy atom. The largest absolute Gasteiger partial charge is 0.379 e. The van der Waals surface area contributed by atoms with Gasteiger partial charge in [-0.05, 0) is 49.4 Å². The minimum absolute atomic E-state index is 0.00191. The molecule has 4 aromatic carbocycles. The Hall–Kier alpha value is -4.47. The maximum atomic E-state index is 13.9. The van der Waals surface area contributed by atoms with E-state index in [1.54, 1.807) is 60.7 Å². The molecule has 0 saturated carbocycles. The Morgan fingerprint density at radius 1 is 0.718 bits per heavy atom. The number of aryl methyl sites for hydroxylation is 1. The van der Waals surface area contributed by atoms with Gasteiger partial charge in [0.15, 0.2) is 6.10 Å². The Bertz CT molecular complexity index is 1640. The summed E-state index contributed by atoms with van der Waals surface area (Å²) in [5, 5.41) is 1.51. The third-order valence-electron chi connectivity index (χ3n) is 6.89. The molecule has 0 radical (unpaired) electrons. The summed E-state index contributed by atoms with van der Waals surface area (Å²) in [5.41, 5.74) is 2.46. The summed E-state index contributed by atoms with van der Waals surface area (Å²) in [6.45, 7) is 1.92. The molecule has 6 rings (SSSR count). The summed E-state index contributed by atoms with van der Waals surface area (Å²) < 4.78 is 31.9. The van der Waals surface area contributed by atoms with E-state index in [4.69, 9.17) is 9.02 Å². The Balaban J connectivity index is 1.44. The predicted octanol–water partition coefficient (Wildman–Crippen LogP) is 4.81. The molecule has 2 fully saturated rings. The van der Waals surface area contributed by atoms with Crippen LogP contribution in [0.4, 0.5) is 11.4 Å². The lowest BCUT2D eigenvalue weighted by Crippen LogP contribution is -2.37. The molecule has 2 aliphatic heterocycles. The SMILES string of the molecule is Cc1ccc(N2C(=O)C3ON(c4ccccc4)C(c4ccccc4OS(=O)(=O)c4ccccc4)C3C2=O)cc1. The van der Waals surface area contributed by atoms with E-state index in [1.807, 2.05) is 37.3 Å². The number of hydrogen-bond donors (Lipinski definition) is 0. The summed E-state index contributed by atoms with van der Waals surface area (Å²) in [6.07, 6.45) is -1.09. The van der Waals surface area contributed by atoms with Gasteiger partial charge in [0, 0.05) is 5.56 Å². The van der Waals surface area contributed by atoms with Gasteiger partial charge in [-0.3, -0.25) is 14.4 Å². The first-order valence-corrected chi connectivity index (χ1v) is 13.8. The van der Waals surface area contributed by atoms with Crippen LogP contribution in [-0.4, -0.2) is 26.3 Å². The number of amides is 2. The molecule has 4 aromatic rings. The molecule has 2 heterocycles. The Morgan fingerprint density at radius 2 is 1.33 bits per heavy atom. The van der Waals surface area contributed by atoms with Crippen molar-refractivity contribution >= 4 is 33.3 Å². The number of rotatable bonds is 6. The van der Waals surface area contributed by atoms with Gasteiger partial charge in [-0.2, -0.15) is 8.42 Å². The van der Waals surface area contributed by atoms with Crippen molar-refractivity contribution in [3.05, 3.63) is 120 Å². The first kappa shape index (κ1) is 24.8. The van der Waals surface area contributed by atoms with Gasteiger partial charge < -0.3 is 4.18 Å². The standard InChI is InChI=1S/C30H24N2O6S/c1-20-16-18-21(19-17-20)31-29(33)26-27(32(37-28(26)30(31)34)22-10-4-2-5-11-22)24-14-8-9-15-25(24)38-39(35,36)23-12-6-3-7-13-23/h2-19,26-28H,1H3. The quantitative estimate of drug-likeness (QED) is 0.256. The van der Waals surface area contributed by atoms with Gasteiger partial charge in [0.1, 0.15) is 16.6 Å². The Labute approximate surface area is 226 Å². The van der Waals surface area contributed by atoms with Crippen molar-refractivity contribution < 1.29 is 27.0 Å². The normalized spacial score (nSPS) is 20.8. The lowest BCUT2D eigenvalue weighted by Gasteiger charge is -2.29. The van der Waals surface area contributed by atoms with Gasteiger partial charge in [0.2, 0.25) is 5.91 Å². The number of benzene rings is 4. The second-order valence-corrected chi connectivity index (χ2v) is 10.9. The lowest BCUT2D eigenvalue weighted by molar-refractivity contribution is -0.126. The number of fused-ring (bicyclic) bond motifs is 1. The van der Waals surface area contributed by atoms with Crippen molar-refractivity contribution in [1.29, 1.82) is 0 Å². The van der Waals surface area contributed by atoms with E-state index in [0.29, 0.717) is 16.9 Å². The molecule has 8 nitrogen and oxygen atoms in total. The fourth-order valence-corrected chi connectivity index (χ4v) is 6.01. The van der Waals surface area contributed by atoms with E-state index in [2.05, 4.69) is 0 Å². The molecule has 3 atom stereocenters. The van der Waals surface area contributed by atoms with Gasteiger partial charge in [0.05, 0.1) is 17.4 Å². The average molecular weight is 541 g/mol. The highest BCUT2D eigenvalue weighted by Crippen LogP contribution is 2.49. The zero-order valence-corrected chi connectivity index (χ0v) is 21.7. The highest BCUT2D eigenvalue weighted by molar-refractivity contribution is 7.87. The van der Waals surface area contributed by atoms with Crippen molar-refractivity contribution in [2.24, 2.45) is 5.92 Å². The lowest BCUT2D eigenvalue weighted by atomic mass is 9.90. The van der Waals surface area contributed by atoms with Gasteiger partial charge in [-0.15, -0.1) is 0 Å². The van der Waals surface area contributed by atoms with E-state index >= 15 is 0 Å². The number of nitrogens with zero attached hydrogens (tertiary/aromatic N) is 2. The predicted molar refractivity (Wildman–Crippen MR) is 144 cm³/mol. The molecular weight excluding hydrogens is 516 g/mol. The average Bonchev–Trinajstić information content (AvgIpc) is 3.46. The first-order chi connectivity index (χ1) is 18.8. The van der Waals surface area contributed by atoms with Crippen LogP contribution in [-0.2, 0) is 24.5 Å². The van der Waals surface area contributed by atoms with Gasteiger partial charge >= 0.3 is 10.1 Å². The number of carbonyl (C=O) groups is 2. The van der Waals surface area contributed by atoms with Crippen LogP contribution < -0.4 is 14.1 Å². The van der Waals surface area contributed by atoms with Crippen LogP contribution in [0.5, 0.6) is 5.75 Å². The number of para-hydroxylation sites is 2. The molecule has 0 aromatic heterocycles. The third kappa shape index (κ3) is 4.35. The highest BCUT2D eigenvalue weighted by atomic mass is 32.2. The third-order valence-corrected chi connectivity index (χ3v) is 8.14. The summed E-state index contributed by atoms with van der Waals surface area (Å²) in [6, 6.07) is 29.7. The van der Waals surface area contributed by atoms with Crippen molar-refractivity contribution in [1.82, 2.24) is 0 Å². The molecule has 0 aliphatic carbocycles. The molecule has 2 amide bonds. The number of imide groups is 1. The summed E-state index contributed by atoms with van der Waals surface area (Å²) in [7, 11) is -4.17. The van der Waals surface area contributed by atoms with Gasteiger partial charge in [0.25, 0.3) is 5.91 Å².